The van der Waals surface area contributed by atoms with Gasteiger partial charge in [-0.3, -0.25) is 14.0 Å². The zero-order valence-electron chi connectivity index (χ0n) is 15.7. The lowest BCUT2D eigenvalue weighted by Gasteiger charge is -2.26. The number of halogens is 1. The predicted octanol–water partition coefficient (Wildman–Crippen LogP) is 4.20. The molecule has 3 heterocycles. The third-order valence-corrected chi connectivity index (χ3v) is 6.65. The third kappa shape index (κ3) is 4.34. The van der Waals surface area contributed by atoms with Gasteiger partial charge in [0.25, 0.3) is 5.91 Å². The smallest absolute Gasteiger partial charge is 0.253 e. The SMILES string of the molecule is Cc1cc(C(=O)N2CCSCC2)ccc1NC(=O)/C=C/c1c(Cl)nc2sccn12. The molecule has 0 radical (unpaired) electrons. The summed E-state index contributed by atoms with van der Waals surface area (Å²) < 4.78 is 1.83. The van der Waals surface area contributed by atoms with Crippen LogP contribution < -0.4 is 5.32 Å². The molecule has 6 nitrogen and oxygen atoms in total. The lowest BCUT2D eigenvalue weighted by atomic mass is 10.1. The van der Waals surface area contributed by atoms with Gasteiger partial charge >= 0.3 is 0 Å². The zero-order valence-corrected chi connectivity index (χ0v) is 18.1. The highest BCUT2D eigenvalue weighted by Crippen LogP contribution is 2.23. The molecule has 2 amide bonds. The molecule has 0 atom stereocenters. The number of fused-ring (bicyclic) bond motifs is 1. The Morgan fingerprint density at radius 2 is 2.07 bits per heavy atom. The maximum Gasteiger partial charge on any atom is 0.253 e. The predicted molar refractivity (Wildman–Crippen MR) is 120 cm³/mol. The second-order valence-corrected chi connectivity index (χ2v) is 9.06. The monoisotopic (exact) mass is 446 g/mol. The Bertz CT molecular complexity index is 1100. The van der Waals surface area contributed by atoms with E-state index in [2.05, 4.69) is 10.3 Å². The number of benzene rings is 1. The van der Waals surface area contributed by atoms with Crippen molar-refractivity contribution in [3.05, 3.63) is 57.8 Å². The van der Waals surface area contributed by atoms with Crippen molar-refractivity contribution in [3.63, 3.8) is 0 Å². The van der Waals surface area contributed by atoms with E-state index in [1.54, 1.807) is 18.2 Å². The van der Waals surface area contributed by atoms with Gasteiger partial charge in [0, 0.05) is 53.5 Å². The van der Waals surface area contributed by atoms with Gasteiger partial charge in [0.05, 0.1) is 5.69 Å². The van der Waals surface area contributed by atoms with E-state index in [4.69, 9.17) is 11.6 Å². The Labute approximate surface area is 181 Å². The van der Waals surface area contributed by atoms with Crippen molar-refractivity contribution in [1.29, 1.82) is 0 Å². The van der Waals surface area contributed by atoms with Crippen LogP contribution in [0.5, 0.6) is 0 Å². The summed E-state index contributed by atoms with van der Waals surface area (Å²) >= 11 is 9.49. The highest BCUT2D eigenvalue weighted by molar-refractivity contribution is 7.99. The van der Waals surface area contributed by atoms with Crippen LogP contribution in [0.3, 0.4) is 0 Å². The summed E-state index contributed by atoms with van der Waals surface area (Å²) in [6, 6.07) is 5.36. The van der Waals surface area contributed by atoms with Gasteiger partial charge in [-0.1, -0.05) is 11.6 Å². The van der Waals surface area contributed by atoms with Crippen molar-refractivity contribution in [2.45, 2.75) is 6.92 Å². The third-order valence-electron chi connectivity index (χ3n) is 4.68. The number of rotatable bonds is 4. The van der Waals surface area contributed by atoms with Gasteiger partial charge in [-0.15, -0.1) is 11.3 Å². The normalized spacial score (nSPS) is 14.6. The molecular weight excluding hydrogens is 428 g/mol. The highest BCUT2D eigenvalue weighted by Gasteiger charge is 2.19. The number of hydrogen-bond donors (Lipinski definition) is 1. The van der Waals surface area contributed by atoms with Crippen molar-refractivity contribution in [3.8, 4) is 0 Å². The molecule has 4 rings (SSSR count). The minimum atomic E-state index is -0.276. The molecule has 1 aliphatic rings. The average molecular weight is 447 g/mol. The van der Waals surface area contributed by atoms with Gasteiger partial charge in [0.1, 0.15) is 0 Å². The number of amides is 2. The second kappa shape index (κ2) is 8.61. The van der Waals surface area contributed by atoms with E-state index in [9.17, 15) is 9.59 Å². The molecule has 1 aliphatic heterocycles. The number of carbonyl (C=O) groups excluding carboxylic acids is 2. The van der Waals surface area contributed by atoms with E-state index in [0.717, 1.165) is 35.1 Å². The molecule has 2 aromatic heterocycles. The Balaban J connectivity index is 1.45. The van der Waals surface area contributed by atoms with E-state index in [0.29, 0.717) is 22.1 Å². The summed E-state index contributed by atoms with van der Waals surface area (Å²) in [6.07, 6.45) is 4.93. The Kier molecular flexibility index (Phi) is 5.94. The van der Waals surface area contributed by atoms with E-state index in [1.165, 1.54) is 17.4 Å². The lowest BCUT2D eigenvalue weighted by molar-refractivity contribution is -0.111. The van der Waals surface area contributed by atoms with Crippen LogP contribution in [-0.4, -0.2) is 50.7 Å². The quantitative estimate of drug-likeness (QED) is 0.610. The fourth-order valence-corrected chi connectivity index (χ4v) is 5.05. The van der Waals surface area contributed by atoms with Gasteiger partial charge in [-0.05, 0) is 36.8 Å². The van der Waals surface area contributed by atoms with Gasteiger partial charge in [-0.2, -0.15) is 11.8 Å². The first kappa shape index (κ1) is 20.0. The minimum absolute atomic E-state index is 0.0429. The zero-order chi connectivity index (χ0) is 20.4. The molecule has 9 heteroatoms. The maximum atomic E-state index is 12.6. The first-order chi connectivity index (χ1) is 14.0. The van der Waals surface area contributed by atoms with Crippen LogP contribution in [0.2, 0.25) is 5.15 Å². The number of nitrogens with zero attached hydrogens (tertiary/aromatic N) is 3. The van der Waals surface area contributed by atoms with Gasteiger partial charge in [0.15, 0.2) is 10.1 Å². The first-order valence-electron chi connectivity index (χ1n) is 9.11. The number of hydrogen-bond acceptors (Lipinski definition) is 5. The van der Waals surface area contributed by atoms with Crippen LogP contribution in [0, 0.1) is 6.92 Å². The standard InChI is InChI=1S/C20H19ClN4O2S2/c1-13-12-14(19(27)24-6-9-28-10-7-24)2-3-15(13)22-17(26)5-4-16-18(21)23-20-25(16)8-11-29-20/h2-5,8,11-12H,6-7,9-10H2,1H3,(H,22,26)/b5-4+. The molecule has 0 bridgehead atoms. The van der Waals surface area contributed by atoms with Crippen LogP contribution in [-0.2, 0) is 4.79 Å². The van der Waals surface area contributed by atoms with Crippen LogP contribution in [0.1, 0.15) is 21.6 Å². The number of thioether (sulfide) groups is 1. The van der Waals surface area contributed by atoms with E-state index in [-0.39, 0.29) is 11.8 Å². The molecule has 0 unspecified atom stereocenters. The molecule has 150 valence electrons. The van der Waals surface area contributed by atoms with Crippen molar-refractivity contribution < 1.29 is 9.59 Å². The van der Waals surface area contributed by atoms with Crippen molar-refractivity contribution in [2.75, 3.05) is 29.9 Å². The summed E-state index contributed by atoms with van der Waals surface area (Å²) in [5, 5.41) is 5.12. The Morgan fingerprint density at radius 3 is 2.83 bits per heavy atom. The van der Waals surface area contributed by atoms with E-state index >= 15 is 0 Å². The maximum absolute atomic E-state index is 12.6. The highest BCUT2D eigenvalue weighted by atomic mass is 35.5. The first-order valence-corrected chi connectivity index (χ1v) is 11.5. The van der Waals surface area contributed by atoms with Crippen molar-refractivity contribution >= 4 is 63.2 Å². The Hall–Kier alpha value is -2.29. The largest absolute Gasteiger partial charge is 0.337 e. The molecule has 1 aromatic carbocycles. The van der Waals surface area contributed by atoms with Crippen molar-refractivity contribution in [1.82, 2.24) is 14.3 Å². The number of thiazole rings is 1. The number of carbonyl (C=O) groups is 2. The summed E-state index contributed by atoms with van der Waals surface area (Å²) in [4.78, 5) is 31.9. The number of nitrogens with one attached hydrogen (secondary N) is 1. The lowest BCUT2D eigenvalue weighted by Crippen LogP contribution is -2.37. The topological polar surface area (TPSA) is 66.7 Å². The van der Waals surface area contributed by atoms with Crippen LogP contribution >= 0.6 is 34.7 Å². The molecule has 1 fully saturated rings. The average Bonchev–Trinajstić information content (AvgIpc) is 3.28. The van der Waals surface area contributed by atoms with Crippen molar-refractivity contribution in [2.24, 2.45) is 0 Å². The van der Waals surface area contributed by atoms with E-state index < -0.39 is 0 Å². The van der Waals surface area contributed by atoms with Crippen LogP contribution in [0.4, 0.5) is 5.69 Å². The van der Waals surface area contributed by atoms with E-state index in [1.807, 2.05) is 45.6 Å². The minimum Gasteiger partial charge on any atom is -0.337 e. The summed E-state index contributed by atoms with van der Waals surface area (Å²) in [6.45, 7) is 3.44. The molecule has 3 aromatic rings. The fraction of sp³-hybridized carbons (Fsp3) is 0.250. The molecule has 1 N–H and O–H groups in total. The van der Waals surface area contributed by atoms with Gasteiger partial charge < -0.3 is 10.2 Å². The number of aromatic nitrogens is 2. The molecule has 1 saturated heterocycles. The molecular formula is C20H19ClN4O2S2. The molecule has 0 spiro atoms. The molecule has 0 saturated carbocycles. The van der Waals surface area contributed by atoms with Crippen LogP contribution in [0.25, 0.3) is 11.0 Å². The van der Waals surface area contributed by atoms with Crippen LogP contribution in [0.15, 0.2) is 35.9 Å². The number of aryl methyl sites for hydroxylation is 1. The summed E-state index contributed by atoms with van der Waals surface area (Å²) in [7, 11) is 0. The molecule has 0 aliphatic carbocycles. The molecule has 29 heavy (non-hydrogen) atoms. The fourth-order valence-electron chi connectivity index (χ4n) is 3.14. The van der Waals surface area contributed by atoms with Gasteiger partial charge in [0.2, 0.25) is 5.91 Å². The van der Waals surface area contributed by atoms with Gasteiger partial charge in [-0.25, -0.2) is 4.98 Å². The number of imidazole rings is 1. The summed E-state index contributed by atoms with van der Waals surface area (Å²) in [5.41, 5.74) is 2.82. The Morgan fingerprint density at radius 1 is 1.28 bits per heavy atom. The summed E-state index contributed by atoms with van der Waals surface area (Å²) in [5.74, 6) is 1.72. The number of anilines is 1. The second-order valence-electron chi connectivity index (χ2n) is 6.60.